The second-order valence-electron chi connectivity index (χ2n) is 5.29. The molecule has 0 radical (unpaired) electrons. The van der Waals surface area contributed by atoms with Gasteiger partial charge in [0.15, 0.2) is 0 Å². The standard InChI is InChI=1S/C15H24N2O/c1-12-4-3-5-14(10-12)15(16)6-7-17-8-9-18-13(2)11-17/h3-5,10,13,15H,6-9,11,16H2,1-2H3. The molecule has 3 heteroatoms. The average Bonchev–Trinajstić information content (AvgIpc) is 2.36. The van der Waals surface area contributed by atoms with Crippen LogP contribution in [-0.2, 0) is 4.74 Å². The van der Waals surface area contributed by atoms with Gasteiger partial charge in [-0.25, -0.2) is 0 Å². The van der Waals surface area contributed by atoms with Crippen molar-refractivity contribution in [1.82, 2.24) is 4.90 Å². The smallest absolute Gasteiger partial charge is 0.0674 e. The Balaban J connectivity index is 1.82. The zero-order chi connectivity index (χ0) is 13.0. The summed E-state index contributed by atoms with van der Waals surface area (Å²) in [4.78, 5) is 2.45. The molecule has 0 spiro atoms. The Bertz CT molecular complexity index is 381. The molecule has 1 aromatic carbocycles. The van der Waals surface area contributed by atoms with Crippen LogP contribution in [0, 0.1) is 6.92 Å². The van der Waals surface area contributed by atoms with Crippen molar-refractivity contribution in [1.29, 1.82) is 0 Å². The summed E-state index contributed by atoms with van der Waals surface area (Å²) in [6.07, 6.45) is 1.37. The van der Waals surface area contributed by atoms with E-state index < -0.39 is 0 Å². The van der Waals surface area contributed by atoms with Gasteiger partial charge in [-0.3, -0.25) is 4.90 Å². The lowest BCUT2D eigenvalue weighted by Crippen LogP contribution is -2.42. The van der Waals surface area contributed by atoms with Crippen molar-refractivity contribution >= 4 is 0 Å². The number of nitrogens with two attached hydrogens (primary N) is 1. The van der Waals surface area contributed by atoms with E-state index in [2.05, 4.69) is 43.0 Å². The van der Waals surface area contributed by atoms with Crippen molar-refractivity contribution in [3.8, 4) is 0 Å². The van der Waals surface area contributed by atoms with E-state index in [0.717, 1.165) is 32.7 Å². The van der Waals surface area contributed by atoms with Gasteiger partial charge in [-0.2, -0.15) is 0 Å². The molecule has 0 saturated carbocycles. The summed E-state index contributed by atoms with van der Waals surface area (Å²) in [6.45, 7) is 8.21. The minimum atomic E-state index is 0.142. The van der Waals surface area contributed by atoms with E-state index >= 15 is 0 Å². The fourth-order valence-corrected chi connectivity index (χ4v) is 2.48. The molecule has 1 saturated heterocycles. The minimum absolute atomic E-state index is 0.142. The molecule has 0 aromatic heterocycles. The number of rotatable bonds is 4. The van der Waals surface area contributed by atoms with Crippen molar-refractivity contribution in [2.24, 2.45) is 5.73 Å². The Labute approximate surface area is 110 Å². The van der Waals surface area contributed by atoms with Crippen molar-refractivity contribution in [2.45, 2.75) is 32.4 Å². The number of hydrogen-bond acceptors (Lipinski definition) is 3. The third kappa shape index (κ3) is 3.80. The maximum Gasteiger partial charge on any atom is 0.0674 e. The third-order valence-electron chi connectivity index (χ3n) is 3.55. The molecule has 2 atom stereocenters. The van der Waals surface area contributed by atoms with E-state index in [0.29, 0.717) is 6.10 Å². The first kappa shape index (κ1) is 13.5. The van der Waals surface area contributed by atoms with E-state index in [4.69, 9.17) is 10.5 Å². The highest BCUT2D eigenvalue weighted by Gasteiger charge is 2.17. The van der Waals surface area contributed by atoms with Crippen molar-refractivity contribution in [3.63, 3.8) is 0 Å². The first-order valence-corrected chi connectivity index (χ1v) is 6.81. The van der Waals surface area contributed by atoms with Crippen LogP contribution in [0.2, 0.25) is 0 Å². The molecule has 1 aromatic rings. The lowest BCUT2D eigenvalue weighted by atomic mass is 10.0. The summed E-state index contributed by atoms with van der Waals surface area (Å²) < 4.78 is 5.54. The van der Waals surface area contributed by atoms with Gasteiger partial charge in [-0.1, -0.05) is 29.8 Å². The molecule has 2 unspecified atom stereocenters. The van der Waals surface area contributed by atoms with E-state index in [1.165, 1.54) is 11.1 Å². The Morgan fingerprint density at radius 2 is 2.33 bits per heavy atom. The molecule has 1 fully saturated rings. The Hall–Kier alpha value is -0.900. The number of ether oxygens (including phenoxy) is 1. The van der Waals surface area contributed by atoms with Crippen LogP contribution in [0.25, 0.3) is 0 Å². The number of morpholine rings is 1. The summed E-state index contributed by atoms with van der Waals surface area (Å²) in [5.74, 6) is 0. The topological polar surface area (TPSA) is 38.5 Å². The normalized spacial score (nSPS) is 22.9. The first-order chi connectivity index (χ1) is 8.65. The van der Waals surface area contributed by atoms with Gasteiger partial charge in [-0.15, -0.1) is 0 Å². The quantitative estimate of drug-likeness (QED) is 0.887. The Morgan fingerprint density at radius 1 is 1.50 bits per heavy atom. The van der Waals surface area contributed by atoms with Gasteiger partial charge >= 0.3 is 0 Å². The fourth-order valence-electron chi connectivity index (χ4n) is 2.48. The molecule has 2 rings (SSSR count). The fraction of sp³-hybridized carbons (Fsp3) is 0.600. The molecular weight excluding hydrogens is 224 g/mol. The van der Waals surface area contributed by atoms with Gasteiger partial charge in [0.2, 0.25) is 0 Å². The van der Waals surface area contributed by atoms with Crippen LogP contribution in [0.15, 0.2) is 24.3 Å². The van der Waals surface area contributed by atoms with Gasteiger partial charge in [-0.05, 0) is 25.8 Å². The highest BCUT2D eigenvalue weighted by atomic mass is 16.5. The predicted molar refractivity (Wildman–Crippen MR) is 74.6 cm³/mol. The average molecular weight is 248 g/mol. The SMILES string of the molecule is Cc1cccc(C(N)CCN2CCOC(C)C2)c1. The van der Waals surface area contributed by atoms with E-state index in [-0.39, 0.29) is 6.04 Å². The van der Waals surface area contributed by atoms with Crippen molar-refractivity contribution < 1.29 is 4.74 Å². The lowest BCUT2D eigenvalue weighted by molar-refractivity contribution is -0.0189. The monoisotopic (exact) mass is 248 g/mol. The molecule has 0 amide bonds. The zero-order valence-electron chi connectivity index (χ0n) is 11.4. The molecule has 100 valence electrons. The van der Waals surface area contributed by atoms with Crippen LogP contribution in [0.4, 0.5) is 0 Å². The molecule has 1 aliphatic rings. The molecule has 1 aliphatic heterocycles. The van der Waals surface area contributed by atoms with Gasteiger partial charge in [0.1, 0.15) is 0 Å². The minimum Gasteiger partial charge on any atom is -0.376 e. The largest absolute Gasteiger partial charge is 0.376 e. The number of hydrogen-bond donors (Lipinski definition) is 1. The maximum atomic E-state index is 6.26. The highest BCUT2D eigenvalue weighted by molar-refractivity contribution is 5.24. The molecule has 0 bridgehead atoms. The maximum absolute atomic E-state index is 6.26. The van der Waals surface area contributed by atoms with Crippen LogP contribution in [0.5, 0.6) is 0 Å². The van der Waals surface area contributed by atoms with Crippen LogP contribution >= 0.6 is 0 Å². The predicted octanol–water partition coefficient (Wildman–Crippen LogP) is 2.11. The summed E-state index contributed by atoms with van der Waals surface area (Å²) in [6, 6.07) is 8.65. The first-order valence-electron chi connectivity index (χ1n) is 6.81. The molecule has 18 heavy (non-hydrogen) atoms. The lowest BCUT2D eigenvalue weighted by Gasteiger charge is -2.31. The van der Waals surface area contributed by atoms with E-state index in [9.17, 15) is 0 Å². The van der Waals surface area contributed by atoms with Crippen LogP contribution in [0.1, 0.15) is 30.5 Å². The Morgan fingerprint density at radius 3 is 3.06 bits per heavy atom. The van der Waals surface area contributed by atoms with Crippen LogP contribution in [0.3, 0.4) is 0 Å². The van der Waals surface area contributed by atoms with Gasteiger partial charge in [0.05, 0.1) is 12.7 Å². The summed E-state index contributed by atoms with van der Waals surface area (Å²) in [7, 11) is 0. The second-order valence-corrected chi connectivity index (χ2v) is 5.29. The number of aryl methyl sites for hydroxylation is 1. The van der Waals surface area contributed by atoms with Crippen LogP contribution in [-0.4, -0.2) is 37.2 Å². The molecule has 2 N–H and O–H groups in total. The summed E-state index contributed by atoms with van der Waals surface area (Å²) in [5, 5.41) is 0. The van der Waals surface area contributed by atoms with E-state index in [1.807, 2.05) is 0 Å². The van der Waals surface area contributed by atoms with Crippen LogP contribution < -0.4 is 5.73 Å². The van der Waals surface area contributed by atoms with Crippen molar-refractivity contribution in [3.05, 3.63) is 35.4 Å². The highest BCUT2D eigenvalue weighted by Crippen LogP contribution is 2.16. The zero-order valence-corrected chi connectivity index (χ0v) is 11.4. The van der Waals surface area contributed by atoms with E-state index in [1.54, 1.807) is 0 Å². The summed E-state index contributed by atoms with van der Waals surface area (Å²) in [5.41, 5.74) is 8.78. The second kappa shape index (κ2) is 6.32. The third-order valence-corrected chi connectivity index (χ3v) is 3.55. The molecule has 1 heterocycles. The van der Waals surface area contributed by atoms with Gasteiger partial charge in [0, 0.05) is 25.7 Å². The number of benzene rings is 1. The molecular formula is C15H24N2O. The number of nitrogens with zero attached hydrogens (tertiary/aromatic N) is 1. The molecule has 0 aliphatic carbocycles. The van der Waals surface area contributed by atoms with Crippen molar-refractivity contribution in [2.75, 3.05) is 26.2 Å². The van der Waals surface area contributed by atoms with Gasteiger partial charge < -0.3 is 10.5 Å². The Kier molecular flexibility index (Phi) is 4.75. The van der Waals surface area contributed by atoms with Gasteiger partial charge in [0.25, 0.3) is 0 Å². The summed E-state index contributed by atoms with van der Waals surface area (Å²) >= 11 is 0. The molecule has 3 nitrogen and oxygen atoms in total.